The molecule has 0 atom stereocenters. The Morgan fingerprint density at radius 3 is 2.69 bits per heavy atom. The number of thiazole rings is 1. The maximum Gasteiger partial charge on any atom is 0.275 e. The molecule has 5 rings (SSSR count). The van der Waals surface area contributed by atoms with Crippen molar-refractivity contribution < 1.29 is 23.8 Å². The van der Waals surface area contributed by atoms with Gasteiger partial charge in [0.2, 0.25) is 0 Å². The van der Waals surface area contributed by atoms with Gasteiger partial charge in [-0.05, 0) is 30.0 Å². The average molecular weight is 515 g/mol. The van der Waals surface area contributed by atoms with Gasteiger partial charge in [0.05, 0.1) is 18.1 Å². The lowest BCUT2D eigenvalue weighted by atomic mass is 10.2. The number of hydrogen-bond acceptors (Lipinski definition) is 9. The smallest absolute Gasteiger partial charge is 0.275 e. The van der Waals surface area contributed by atoms with Gasteiger partial charge >= 0.3 is 0 Å². The van der Waals surface area contributed by atoms with Gasteiger partial charge in [-0.1, -0.05) is 6.07 Å². The molecule has 1 saturated heterocycles. The first kappa shape index (κ1) is 23.7. The van der Waals surface area contributed by atoms with Crippen molar-refractivity contribution >= 4 is 45.3 Å². The van der Waals surface area contributed by atoms with E-state index in [-0.39, 0.29) is 17.5 Å². The monoisotopic (exact) mass is 514 g/mol. The summed E-state index contributed by atoms with van der Waals surface area (Å²) in [6.07, 6.45) is 0.801. The molecule has 35 heavy (non-hydrogen) atoms. The zero-order valence-corrected chi connectivity index (χ0v) is 20.7. The summed E-state index contributed by atoms with van der Waals surface area (Å²) >= 11 is 2.69. The third-order valence-corrected chi connectivity index (χ3v) is 7.41. The third-order valence-electron chi connectivity index (χ3n) is 5.69. The number of thiophene rings is 1. The first-order valence-corrected chi connectivity index (χ1v) is 13.3. The molecule has 0 saturated carbocycles. The van der Waals surface area contributed by atoms with Crippen LogP contribution in [0.4, 0.5) is 10.8 Å². The van der Waals surface area contributed by atoms with Crippen LogP contribution in [0.1, 0.15) is 26.6 Å². The Morgan fingerprint density at radius 1 is 1.06 bits per heavy atom. The number of amides is 2. The molecule has 4 heterocycles. The van der Waals surface area contributed by atoms with Crippen molar-refractivity contribution in [3.05, 3.63) is 51.7 Å². The lowest BCUT2D eigenvalue weighted by Gasteiger charge is -2.27. The fraction of sp³-hybridized carbons (Fsp3) is 0.375. The van der Waals surface area contributed by atoms with Gasteiger partial charge in [-0.3, -0.25) is 19.4 Å². The van der Waals surface area contributed by atoms with Crippen molar-refractivity contribution in [1.29, 1.82) is 0 Å². The molecule has 2 aliphatic rings. The number of aromatic nitrogens is 1. The number of hydrogen-bond donors (Lipinski definition) is 1. The first-order chi connectivity index (χ1) is 17.2. The van der Waals surface area contributed by atoms with Crippen molar-refractivity contribution in [3.8, 4) is 11.5 Å². The molecule has 2 amide bonds. The molecule has 3 aromatic rings. The van der Waals surface area contributed by atoms with Gasteiger partial charge in [0.1, 0.15) is 18.9 Å². The fourth-order valence-corrected chi connectivity index (χ4v) is 5.40. The number of anilines is 2. The number of rotatable bonds is 8. The van der Waals surface area contributed by atoms with Crippen LogP contribution in [0.25, 0.3) is 0 Å². The van der Waals surface area contributed by atoms with Gasteiger partial charge in [-0.2, -0.15) is 0 Å². The minimum absolute atomic E-state index is 0.102. The van der Waals surface area contributed by atoms with E-state index in [1.165, 1.54) is 22.7 Å². The molecular formula is C24H26N4O5S2. The van der Waals surface area contributed by atoms with Crippen LogP contribution in [0.2, 0.25) is 0 Å². The number of ether oxygens (including phenoxy) is 3. The van der Waals surface area contributed by atoms with Gasteiger partial charge in [0.15, 0.2) is 16.6 Å². The minimum atomic E-state index is -0.346. The molecule has 0 bridgehead atoms. The van der Waals surface area contributed by atoms with Crippen LogP contribution in [0.5, 0.6) is 11.5 Å². The number of benzene rings is 1. The zero-order valence-electron chi connectivity index (χ0n) is 19.1. The Balaban J connectivity index is 1.27. The summed E-state index contributed by atoms with van der Waals surface area (Å²) in [5.74, 6) is 0.808. The second kappa shape index (κ2) is 11.2. The van der Waals surface area contributed by atoms with E-state index in [1.54, 1.807) is 28.5 Å². The molecule has 184 valence electrons. The Morgan fingerprint density at radius 2 is 1.89 bits per heavy atom. The number of carbonyl (C=O) groups is 2. The number of nitrogens with zero attached hydrogens (tertiary/aromatic N) is 3. The molecule has 2 aliphatic heterocycles. The molecule has 1 N–H and O–H groups in total. The van der Waals surface area contributed by atoms with Crippen LogP contribution >= 0.6 is 22.7 Å². The molecular weight excluding hydrogens is 488 g/mol. The highest BCUT2D eigenvalue weighted by atomic mass is 32.1. The second-order valence-corrected chi connectivity index (χ2v) is 9.85. The molecule has 1 aromatic carbocycles. The van der Waals surface area contributed by atoms with E-state index >= 15 is 0 Å². The SMILES string of the molecule is O=C(Nc1ccc2c(c1)OCCO2)c1csc(N(CCCN2CCOCC2)C(=O)c2cccs2)n1. The number of nitrogens with one attached hydrogen (secondary N) is 1. The van der Waals surface area contributed by atoms with Crippen LogP contribution in [-0.4, -0.2) is 74.3 Å². The van der Waals surface area contributed by atoms with E-state index < -0.39 is 0 Å². The normalized spacial score (nSPS) is 15.5. The molecule has 11 heteroatoms. The summed E-state index contributed by atoms with van der Waals surface area (Å²) in [5.41, 5.74) is 0.850. The molecule has 1 fully saturated rings. The average Bonchev–Trinajstić information content (AvgIpc) is 3.60. The molecule has 2 aromatic heterocycles. The quantitative estimate of drug-likeness (QED) is 0.491. The molecule has 0 aliphatic carbocycles. The van der Waals surface area contributed by atoms with Crippen LogP contribution in [0.3, 0.4) is 0 Å². The third kappa shape index (κ3) is 5.81. The predicted octanol–water partition coefficient (Wildman–Crippen LogP) is 3.60. The Hall–Kier alpha value is -2.99. The van der Waals surface area contributed by atoms with Crippen LogP contribution in [-0.2, 0) is 4.74 Å². The lowest BCUT2D eigenvalue weighted by Crippen LogP contribution is -2.39. The Bertz CT molecular complexity index is 1160. The highest BCUT2D eigenvalue weighted by molar-refractivity contribution is 7.14. The van der Waals surface area contributed by atoms with Gasteiger partial charge in [0, 0.05) is 43.3 Å². The maximum atomic E-state index is 13.2. The maximum absolute atomic E-state index is 13.2. The van der Waals surface area contributed by atoms with Crippen LogP contribution < -0.4 is 19.7 Å². The number of carbonyl (C=O) groups excluding carboxylic acids is 2. The Kier molecular flexibility index (Phi) is 7.57. The van der Waals surface area contributed by atoms with Gasteiger partial charge < -0.3 is 19.5 Å². The predicted molar refractivity (Wildman–Crippen MR) is 135 cm³/mol. The highest BCUT2D eigenvalue weighted by Crippen LogP contribution is 2.33. The summed E-state index contributed by atoms with van der Waals surface area (Å²) in [5, 5.41) is 6.93. The van der Waals surface area contributed by atoms with Crippen LogP contribution in [0.15, 0.2) is 41.1 Å². The van der Waals surface area contributed by atoms with Gasteiger partial charge in [0.25, 0.3) is 11.8 Å². The topological polar surface area (TPSA) is 93.2 Å². The van der Waals surface area contributed by atoms with E-state index in [0.29, 0.717) is 47.0 Å². The van der Waals surface area contributed by atoms with Gasteiger partial charge in [-0.15, -0.1) is 22.7 Å². The summed E-state index contributed by atoms with van der Waals surface area (Å²) < 4.78 is 16.5. The van der Waals surface area contributed by atoms with Crippen molar-refractivity contribution in [2.75, 3.05) is 62.8 Å². The van der Waals surface area contributed by atoms with E-state index in [4.69, 9.17) is 14.2 Å². The standard InChI is InChI=1S/C24H26N4O5S2/c29-22(25-17-4-5-19-20(15-17)33-13-12-32-19)18-16-35-24(26-18)28(23(30)21-3-1-14-34-21)7-2-6-27-8-10-31-11-9-27/h1,3-5,14-16H,2,6-13H2,(H,25,29). The van der Waals surface area contributed by atoms with Crippen molar-refractivity contribution in [1.82, 2.24) is 9.88 Å². The van der Waals surface area contributed by atoms with Crippen molar-refractivity contribution in [2.24, 2.45) is 0 Å². The van der Waals surface area contributed by atoms with E-state index in [0.717, 1.165) is 39.3 Å². The summed E-state index contributed by atoms with van der Waals surface area (Å²) in [7, 11) is 0. The van der Waals surface area contributed by atoms with E-state index in [2.05, 4.69) is 15.2 Å². The van der Waals surface area contributed by atoms with Crippen molar-refractivity contribution in [3.63, 3.8) is 0 Å². The minimum Gasteiger partial charge on any atom is -0.486 e. The largest absolute Gasteiger partial charge is 0.486 e. The van der Waals surface area contributed by atoms with E-state index in [9.17, 15) is 9.59 Å². The summed E-state index contributed by atoms with van der Waals surface area (Å²) in [6.45, 7) is 5.66. The molecule has 9 nitrogen and oxygen atoms in total. The Labute approximate surface area is 211 Å². The number of fused-ring (bicyclic) bond motifs is 1. The number of morpholine rings is 1. The summed E-state index contributed by atoms with van der Waals surface area (Å²) in [6, 6.07) is 8.93. The highest BCUT2D eigenvalue weighted by Gasteiger charge is 2.24. The lowest BCUT2D eigenvalue weighted by molar-refractivity contribution is 0.0376. The molecule has 0 radical (unpaired) electrons. The summed E-state index contributed by atoms with van der Waals surface area (Å²) in [4.78, 5) is 35.3. The van der Waals surface area contributed by atoms with Crippen LogP contribution in [0, 0.1) is 0 Å². The first-order valence-electron chi connectivity index (χ1n) is 11.5. The molecule has 0 unspecified atom stereocenters. The molecule has 0 spiro atoms. The second-order valence-electron chi connectivity index (χ2n) is 8.07. The van der Waals surface area contributed by atoms with E-state index in [1.807, 2.05) is 17.5 Å². The van der Waals surface area contributed by atoms with Gasteiger partial charge in [-0.25, -0.2) is 4.98 Å². The zero-order chi connectivity index (χ0) is 24.0. The fourth-order valence-electron chi connectivity index (χ4n) is 3.90. The van der Waals surface area contributed by atoms with Crippen molar-refractivity contribution in [2.45, 2.75) is 6.42 Å².